The molecule has 1 unspecified atom stereocenters. The van der Waals surface area contributed by atoms with Crippen molar-refractivity contribution in [2.75, 3.05) is 0 Å². The molecule has 0 spiro atoms. The molecule has 7 heteroatoms. The van der Waals surface area contributed by atoms with Crippen molar-refractivity contribution >= 4 is 22.7 Å². The Morgan fingerprint density at radius 3 is 2.81 bits per heavy atom. The number of rotatable bonds is 3. The third kappa shape index (κ3) is 2.92. The van der Waals surface area contributed by atoms with Gasteiger partial charge in [0.25, 0.3) is 0 Å². The summed E-state index contributed by atoms with van der Waals surface area (Å²) in [6, 6.07) is 2.11. The first kappa shape index (κ1) is 12.9. The zero-order valence-electron chi connectivity index (χ0n) is 9.53. The summed E-state index contributed by atoms with van der Waals surface area (Å²) in [6.45, 7) is 5.40. The second-order valence-corrected chi connectivity index (χ2v) is 4.28. The molecule has 1 heterocycles. The average Bonchev–Trinajstić information content (AvgIpc) is 2.24. The smallest absolute Gasteiger partial charge is 0.217 e. The van der Waals surface area contributed by atoms with E-state index in [-0.39, 0.29) is 5.29 Å². The molecule has 1 aliphatic rings. The molecule has 0 aromatic heterocycles. The van der Waals surface area contributed by atoms with Gasteiger partial charge in [0.1, 0.15) is 11.4 Å². The van der Waals surface area contributed by atoms with Crippen LogP contribution in [0.4, 0.5) is 0 Å². The van der Waals surface area contributed by atoms with Crippen LogP contribution in [-0.4, -0.2) is 28.0 Å². The van der Waals surface area contributed by atoms with E-state index in [0.717, 1.165) is 0 Å². The lowest BCUT2D eigenvalue weighted by Crippen LogP contribution is -2.58. The van der Waals surface area contributed by atoms with Crippen molar-refractivity contribution in [3.05, 3.63) is 0 Å². The van der Waals surface area contributed by atoms with E-state index < -0.39 is 11.8 Å². The maximum atomic E-state index is 8.92. The van der Waals surface area contributed by atoms with Crippen LogP contribution in [0.3, 0.4) is 0 Å². The fourth-order valence-corrected chi connectivity index (χ4v) is 1.31. The number of nitriles is 1. The van der Waals surface area contributed by atoms with Crippen LogP contribution < -0.4 is 11.2 Å². The standard InChI is InChI=1S/C9H15ClN6/c1-4-6-13-7(10)16(12)8(14-6)15-9(2,3)5-11/h8,15H,4,12H2,1-3H3. The quantitative estimate of drug-likeness (QED) is 0.565. The number of nitrogens with two attached hydrogens (primary N) is 1. The van der Waals surface area contributed by atoms with Crippen molar-refractivity contribution in [1.29, 1.82) is 5.26 Å². The number of aliphatic imine (C=N–C) groups is 2. The summed E-state index contributed by atoms with van der Waals surface area (Å²) in [5.41, 5.74) is -0.737. The van der Waals surface area contributed by atoms with Gasteiger partial charge in [-0.05, 0) is 25.4 Å². The average molecular weight is 243 g/mol. The van der Waals surface area contributed by atoms with Gasteiger partial charge in [-0.2, -0.15) is 5.26 Å². The van der Waals surface area contributed by atoms with Gasteiger partial charge in [-0.3, -0.25) is 5.32 Å². The molecule has 1 aliphatic heterocycles. The lowest BCUT2D eigenvalue weighted by molar-refractivity contribution is 0.239. The Morgan fingerprint density at radius 2 is 2.31 bits per heavy atom. The van der Waals surface area contributed by atoms with Crippen LogP contribution in [0, 0.1) is 11.3 Å². The van der Waals surface area contributed by atoms with E-state index in [1.165, 1.54) is 5.01 Å². The highest BCUT2D eigenvalue weighted by Gasteiger charge is 2.28. The van der Waals surface area contributed by atoms with E-state index >= 15 is 0 Å². The Balaban J connectivity index is 2.86. The van der Waals surface area contributed by atoms with Gasteiger partial charge in [0.2, 0.25) is 5.29 Å². The molecular weight excluding hydrogens is 228 g/mol. The molecule has 3 N–H and O–H groups in total. The van der Waals surface area contributed by atoms with E-state index in [1.54, 1.807) is 13.8 Å². The first-order chi connectivity index (χ1) is 7.39. The van der Waals surface area contributed by atoms with Gasteiger partial charge in [-0.15, -0.1) is 0 Å². The minimum absolute atomic E-state index is 0.165. The molecule has 0 fully saturated rings. The molecule has 0 saturated carbocycles. The summed E-state index contributed by atoms with van der Waals surface area (Å²) in [5, 5.41) is 13.3. The number of hydrazine groups is 1. The maximum absolute atomic E-state index is 8.92. The number of halogens is 1. The van der Waals surface area contributed by atoms with E-state index in [1.807, 2.05) is 6.92 Å². The fourth-order valence-electron chi connectivity index (χ4n) is 1.12. The topological polar surface area (TPSA) is 89.8 Å². The predicted octanol–water partition coefficient (Wildman–Crippen LogP) is 0.754. The number of hydrogen-bond donors (Lipinski definition) is 2. The molecule has 0 radical (unpaired) electrons. The predicted molar refractivity (Wildman–Crippen MR) is 63.7 cm³/mol. The fraction of sp³-hybridized carbons (Fsp3) is 0.667. The first-order valence-electron chi connectivity index (χ1n) is 4.93. The monoisotopic (exact) mass is 242 g/mol. The minimum Gasteiger partial charge on any atom is -0.259 e. The summed E-state index contributed by atoms with van der Waals surface area (Å²) in [4.78, 5) is 8.25. The van der Waals surface area contributed by atoms with Crippen LogP contribution in [0.2, 0.25) is 0 Å². The molecule has 0 aliphatic carbocycles. The molecule has 0 amide bonds. The van der Waals surface area contributed by atoms with E-state index in [9.17, 15) is 0 Å². The zero-order chi connectivity index (χ0) is 12.3. The van der Waals surface area contributed by atoms with Gasteiger partial charge in [0, 0.05) is 6.42 Å². The number of nitrogens with one attached hydrogen (secondary N) is 1. The lowest BCUT2D eigenvalue weighted by Gasteiger charge is -2.32. The van der Waals surface area contributed by atoms with Gasteiger partial charge in [0.15, 0.2) is 6.29 Å². The summed E-state index contributed by atoms with van der Waals surface area (Å²) in [6.07, 6.45) is 0.101. The number of nitrogens with zero attached hydrogens (tertiary/aromatic N) is 4. The Hall–Kier alpha value is -1.16. The van der Waals surface area contributed by atoms with Crippen molar-refractivity contribution in [3.63, 3.8) is 0 Å². The van der Waals surface area contributed by atoms with Crippen LogP contribution >= 0.6 is 11.6 Å². The van der Waals surface area contributed by atoms with E-state index in [4.69, 9.17) is 22.7 Å². The third-order valence-corrected chi connectivity index (χ3v) is 2.33. The van der Waals surface area contributed by atoms with Gasteiger partial charge < -0.3 is 0 Å². The molecule has 0 aromatic rings. The van der Waals surface area contributed by atoms with E-state index in [2.05, 4.69) is 21.4 Å². The SMILES string of the molecule is CCC1=NC(NC(C)(C)C#N)N(N)C(Cl)=N1. The highest BCUT2D eigenvalue weighted by atomic mass is 35.5. The van der Waals surface area contributed by atoms with Crippen LogP contribution in [0.1, 0.15) is 27.2 Å². The summed E-state index contributed by atoms with van der Waals surface area (Å²) >= 11 is 5.85. The minimum atomic E-state index is -0.737. The molecule has 6 nitrogen and oxygen atoms in total. The molecule has 0 bridgehead atoms. The van der Waals surface area contributed by atoms with Crippen molar-refractivity contribution in [3.8, 4) is 6.07 Å². The van der Waals surface area contributed by atoms with Crippen LogP contribution in [0.25, 0.3) is 0 Å². The van der Waals surface area contributed by atoms with Crippen molar-refractivity contribution < 1.29 is 0 Å². The molecule has 0 aromatic carbocycles. The van der Waals surface area contributed by atoms with E-state index in [0.29, 0.717) is 12.3 Å². The Morgan fingerprint density at radius 1 is 1.69 bits per heavy atom. The molecule has 16 heavy (non-hydrogen) atoms. The van der Waals surface area contributed by atoms with Gasteiger partial charge >= 0.3 is 0 Å². The number of hydrogen-bond acceptors (Lipinski definition) is 6. The largest absolute Gasteiger partial charge is 0.259 e. The van der Waals surface area contributed by atoms with Crippen LogP contribution in [0.15, 0.2) is 9.98 Å². The van der Waals surface area contributed by atoms with Crippen LogP contribution in [0.5, 0.6) is 0 Å². The van der Waals surface area contributed by atoms with Crippen molar-refractivity contribution in [2.45, 2.75) is 39.0 Å². The number of amidine groups is 2. The normalized spacial score (nSPS) is 21.2. The zero-order valence-corrected chi connectivity index (χ0v) is 10.3. The summed E-state index contributed by atoms with van der Waals surface area (Å²) < 4.78 is 0. The van der Waals surface area contributed by atoms with Gasteiger partial charge in [-0.1, -0.05) is 6.92 Å². The highest BCUT2D eigenvalue weighted by molar-refractivity contribution is 6.65. The Labute approximate surface area is 99.8 Å². The van der Waals surface area contributed by atoms with Crippen molar-refractivity contribution in [2.24, 2.45) is 15.8 Å². The molecule has 1 rings (SSSR count). The molecule has 1 atom stereocenters. The van der Waals surface area contributed by atoms with Gasteiger partial charge in [0.05, 0.1) is 6.07 Å². The second kappa shape index (κ2) is 4.78. The Kier molecular flexibility index (Phi) is 3.86. The summed E-state index contributed by atoms with van der Waals surface area (Å²) in [5.74, 6) is 6.30. The third-order valence-electron chi connectivity index (χ3n) is 2.05. The van der Waals surface area contributed by atoms with Crippen LogP contribution in [-0.2, 0) is 0 Å². The second-order valence-electron chi connectivity index (χ2n) is 3.94. The summed E-state index contributed by atoms with van der Waals surface area (Å²) in [7, 11) is 0. The maximum Gasteiger partial charge on any atom is 0.217 e. The highest BCUT2D eigenvalue weighted by Crippen LogP contribution is 2.11. The first-order valence-corrected chi connectivity index (χ1v) is 5.31. The van der Waals surface area contributed by atoms with Gasteiger partial charge in [-0.25, -0.2) is 20.8 Å². The lowest BCUT2D eigenvalue weighted by atomic mass is 10.1. The molecule has 88 valence electrons. The Bertz CT molecular complexity index is 367. The van der Waals surface area contributed by atoms with Crippen molar-refractivity contribution in [1.82, 2.24) is 10.3 Å². The molecule has 0 saturated heterocycles. The molecular formula is C9H15ClN6.